The van der Waals surface area contributed by atoms with Gasteiger partial charge in [-0.15, -0.1) is 0 Å². The van der Waals surface area contributed by atoms with Crippen molar-refractivity contribution in [2.24, 2.45) is 5.16 Å². The monoisotopic (exact) mass is 303 g/mol. The van der Waals surface area contributed by atoms with Gasteiger partial charge in [0, 0.05) is 0 Å². The van der Waals surface area contributed by atoms with Gasteiger partial charge in [0.2, 0.25) is 0 Å². The Bertz CT molecular complexity index is 474. The molecule has 0 radical (unpaired) electrons. The average molecular weight is 303 g/mol. The Labute approximate surface area is 119 Å². The summed E-state index contributed by atoms with van der Waals surface area (Å²) in [4.78, 5) is 0. The van der Waals surface area contributed by atoms with Gasteiger partial charge in [-0.25, -0.2) is 0 Å². The maximum atomic E-state index is 9.76. The van der Waals surface area contributed by atoms with Crippen molar-refractivity contribution >= 4 is 6.21 Å². The molecule has 2 heterocycles. The van der Waals surface area contributed by atoms with E-state index in [0.717, 1.165) is 6.21 Å². The molecule has 0 saturated carbocycles. The average Bonchev–Trinajstić information content (AvgIpc) is 2.92. The summed E-state index contributed by atoms with van der Waals surface area (Å²) in [7, 11) is 0. The second kappa shape index (κ2) is 6.98. The zero-order chi connectivity index (χ0) is 15.4. The summed E-state index contributed by atoms with van der Waals surface area (Å²) in [6.45, 7) is -0.607. The first-order valence-electron chi connectivity index (χ1n) is 6.25. The lowest BCUT2D eigenvalue weighted by Gasteiger charge is -2.39. The second-order valence-electron chi connectivity index (χ2n) is 4.56. The first kappa shape index (κ1) is 15.9. The number of aliphatic hydroxyl groups is 4. The van der Waals surface area contributed by atoms with Crippen molar-refractivity contribution in [3.8, 4) is 0 Å². The third kappa shape index (κ3) is 3.59. The van der Waals surface area contributed by atoms with Gasteiger partial charge in [-0.2, -0.15) is 0 Å². The van der Waals surface area contributed by atoms with Crippen LogP contribution in [0.2, 0.25) is 0 Å². The van der Waals surface area contributed by atoms with E-state index in [0.29, 0.717) is 11.5 Å². The van der Waals surface area contributed by atoms with E-state index in [2.05, 4.69) is 5.16 Å². The first-order valence-corrected chi connectivity index (χ1v) is 6.25. The third-order valence-electron chi connectivity index (χ3n) is 3.11. The number of hydrogen-bond acceptors (Lipinski definition) is 9. The van der Waals surface area contributed by atoms with Gasteiger partial charge < -0.3 is 39.5 Å². The lowest BCUT2D eigenvalue weighted by Crippen LogP contribution is -2.59. The number of oxime groups is 1. The summed E-state index contributed by atoms with van der Waals surface area (Å²) in [6.07, 6.45) is -5.54. The minimum absolute atomic E-state index is 0.0814. The number of furan rings is 1. The predicted octanol–water partition coefficient (Wildman–Crippen LogP) is -1.60. The molecule has 9 nitrogen and oxygen atoms in total. The summed E-state index contributed by atoms with van der Waals surface area (Å²) in [6, 6.07) is 3.12. The van der Waals surface area contributed by atoms with Crippen LogP contribution in [0, 0.1) is 0 Å². The zero-order valence-electron chi connectivity index (χ0n) is 10.9. The topological polar surface area (TPSA) is 145 Å². The van der Waals surface area contributed by atoms with E-state index in [1.165, 1.54) is 0 Å². The molecule has 1 aliphatic rings. The fourth-order valence-corrected chi connectivity index (χ4v) is 1.97. The standard InChI is InChI=1S/C12H17NO8/c14-4-8-9(15)10(16)11(17)12(21-8)19-5-7-2-1-6(20-7)3-13-18/h1-3,8-12,14-18H,4-5H2/t8-,9-,10+,11-,12+/m1/s1. The summed E-state index contributed by atoms with van der Waals surface area (Å²) in [5.74, 6) is 0.687. The number of hydrogen-bond donors (Lipinski definition) is 5. The van der Waals surface area contributed by atoms with Crippen LogP contribution in [-0.4, -0.2) is 69.2 Å². The van der Waals surface area contributed by atoms with E-state index in [9.17, 15) is 15.3 Å². The zero-order valence-corrected chi connectivity index (χ0v) is 10.9. The molecular weight excluding hydrogens is 286 g/mol. The molecule has 0 bridgehead atoms. The Morgan fingerprint density at radius 3 is 2.62 bits per heavy atom. The highest BCUT2D eigenvalue weighted by Gasteiger charge is 2.44. The van der Waals surface area contributed by atoms with Gasteiger partial charge in [-0.05, 0) is 12.1 Å². The Morgan fingerprint density at radius 1 is 1.19 bits per heavy atom. The van der Waals surface area contributed by atoms with E-state index >= 15 is 0 Å². The fourth-order valence-electron chi connectivity index (χ4n) is 1.97. The Balaban J connectivity index is 1.94. The third-order valence-corrected chi connectivity index (χ3v) is 3.11. The summed E-state index contributed by atoms with van der Waals surface area (Å²) in [5, 5.41) is 49.2. The highest BCUT2D eigenvalue weighted by Crippen LogP contribution is 2.23. The molecule has 5 atom stereocenters. The maximum Gasteiger partial charge on any atom is 0.187 e. The quantitative estimate of drug-likeness (QED) is 0.248. The van der Waals surface area contributed by atoms with E-state index < -0.39 is 37.3 Å². The van der Waals surface area contributed by atoms with Crippen molar-refractivity contribution < 1.29 is 39.5 Å². The SMILES string of the molecule is OC[C@H]1O[C@H](OCc2ccc(C=NO)o2)[C@H](O)[C@@H](O)[C@@H]1O. The number of ether oxygens (including phenoxy) is 2. The van der Waals surface area contributed by atoms with E-state index in [1.54, 1.807) is 12.1 Å². The van der Waals surface area contributed by atoms with Crippen LogP contribution in [0.3, 0.4) is 0 Å². The first-order chi connectivity index (χ1) is 10.1. The number of aliphatic hydroxyl groups excluding tert-OH is 4. The summed E-state index contributed by atoms with van der Waals surface area (Å²) in [5.41, 5.74) is 0. The molecule has 1 aliphatic heterocycles. The molecule has 1 aromatic heterocycles. The summed E-state index contributed by atoms with van der Waals surface area (Å²) >= 11 is 0. The van der Waals surface area contributed by atoms with Gasteiger partial charge in [0.05, 0.1) is 6.61 Å². The van der Waals surface area contributed by atoms with Crippen LogP contribution in [0.4, 0.5) is 0 Å². The highest BCUT2D eigenvalue weighted by atomic mass is 16.7. The normalized spacial score (nSPS) is 33.6. The van der Waals surface area contributed by atoms with Gasteiger partial charge in [0.1, 0.15) is 48.8 Å². The van der Waals surface area contributed by atoms with Crippen molar-refractivity contribution in [3.05, 3.63) is 23.7 Å². The van der Waals surface area contributed by atoms with Gasteiger partial charge in [-0.1, -0.05) is 5.16 Å². The summed E-state index contributed by atoms with van der Waals surface area (Å²) < 4.78 is 15.7. The molecule has 0 aromatic carbocycles. The molecule has 5 N–H and O–H groups in total. The lowest BCUT2D eigenvalue weighted by molar-refractivity contribution is -0.304. The molecule has 1 saturated heterocycles. The molecule has 118 valence electrons. The Hall–Kier alpha value is -1.49. The molecule has 0 spiro atoms. The largest absolute Gasteiger partial charge is 0.458 e. The molecule has 1 aromatic rings. The minimum atomic E-state index is -1.49. The second-order valence-corrected chi connectivity index (χ2v) is 4.56. The van der Waals surface area contributed by atoms with Crippen LogP contribution >= 0.6 is 0 Å². The van der Waals surface area contributed by atoms with Crippen LogP contribution in [0.25, 0.3) is 0 Å². The fraction of sp³-hybridized carbons (Fsp3) is 0.583. The molecule has 9 heteroatoms. The van der Waals surface area contributed by atoms with Gasteiger partial charge >= 0.3 is 0 Å². The molecule has 0 unspecified atom stereocenters. The smallest absolute Gasteiger partial charge is 0.187 e. The van der Waals surface area contributed by atoms with E-state index in [-0.39, 0.29) is 6.61 Å². The molecule has 1 fully saturated rings. The molecule has 21 heavy (non-hydrogen) atoms. The van der Waals surface area contributed by atoms with Crippen molar-refractivity contribution in [2.45, 2.75) is 37.3 Å². The van der Waals surface area contributed by atoms with Crippen LogP contribution in [-0.2, 0) is 16.1 Å². The lowest BCUT2D eigenvalue weighted by atomic mass is 9.99. The number of nitrogens with zero attached hydrogens (tertiary/aromatic N) is 1. The van der Waals surface area contributed by atoms with Crippen molar-refractivity contribution in [2.75, 3.05) is 6.61 Å². The van der Waals surface area contributed by atoms with E-state index in [1.807, 2.05) is 0 Å². The van der Waals surface area contributed by atoms with Crippen molar-refractivity contribution in [3.63, 3.8) is 0 Å². The highest BCUT2D eigenvalue weighted by molar-refractivity contribution is 5.75. The van der Waals surface area contributed by atoms with E-state index in [4.69, 9.17) is 24.2 Å². The molecule has 0 aliphatic carbocycles. The predicted molar refractivity (Wildman–Crippen MR) is 66.6 cm³/mol. The van der Waals surface area contributed by atoms with Crippen LogP contribution in [0.1, 0.15) is 11.5 Å². The minimum Gasteiger partial charge on any atom is -0.458 e. The molecule has 0 amide bonds. The maximum absolute atomic E-state index is 9.76. The van der Waals surface area contributed by atoms with Gasteiger partial charge in [-0.3, -0.25) is 0 Å². The molecular formula is C12H17NO8. The Kier molecular flexibility index (Phi) is 5.28. The van der Waals surface area contributed by atoms with Crippen LogP contribution in [0.15, 0.2) is 21.7 Å². The van der Waals surface area contributed by atoms with Gasteiger partial charge in [0.25, 0.3) is 0 Å². The Morgan fingerprint density at radius 2 is 1.95 bits per heavy atom. The van der Waals surface area contributed by atoms with Crippen molar-refractivity contribution in [1.29, 1.82) is 0 Å². The van der Waals surface area contributed by atoms with Crippen LogP contribution < -0.4 is 0 Å². The van der Waals surface area contributed by atoms with Gasteiger partial charge in [0.15, 0.2) is 6.29 Å². The van der Waals surface area contributed by atoms with Crippen molar-refractivity contribution in [1.82, 2.24) is 0 Å². The molecule has 2 rings (SSSR count). The number of rotatable bonds is 5. The van der Waals surface area contributed by atoms with Crippen LogP contribution in [0.5, 0.6) is 0 Å².